The normalized spacial score (nSPS) is 34.6. The Hall–Kier alpha value is -1.35. The SMILES string of the molecule is O=C1OCC[C@@]12O[C@@H]2c1ccccc1. The van der Waals surface area contributed by atoms with Gasteiger partial charge >= 0.3 is 5.97 Å². The molecule has 3 rings (SSSR count). The van der Waals surface area contributed by atoms with Crippen molar-refractivity contribution >= 4 is 5.97 Å². The summed E-state index contributed by atoms with van der Waals surface area (Å²) in [6.07, 6.45) is 0.601. The summed E-state index contributed by atoms with van der Waals surface area (Å²) in [5, 5.41) is 0. The fourth-order valence-corrected chi connectivity index (χ4v) is 2.01. The molecule has 72 valence electrons. The molecule has 2 heterocycles. The van der Waals surface area contributed by atoms with Gasteiger partial charge in [0.1, 0.15) is 6.10 Å². The number of hydrogen-bond donors (Lipinski definition) is 0. The molecule has 2 saturated heterocycles. The maximum atomic E-state index is 11.4. The van der Waals surface area contributed by atoms with Crippen LogP contribution >= 0.6 is 0 Å². The third kappa shape index (κ3) is 0.930. The van der Waals surface area contributed by atoms with Crippen LogP contribution < -0.4 is 0 Å². The molecule has 2 aliphatic heterocycles. The number of benzene rings is 1. The highest BCUT2D eigenvalue weighted by Gasteiger charge is 2.66. The van der Waals surface area contributed by atoms with Gasteiger partial charge in [0, 0.05) is 6.42 Å². The maximum absolute atomic E-state index is 11.4. The molecule has 0 N–H and O–H groups in total. The second-order valence-corrected chi connectivity index (χ2v) is 3.68. The Bertz CT molecular complexity index is 373. The van der Waals surface area contributed by atoms with E-state index in [1.165, 1.54) is 0 Å². The molecular weight excluding hydrogens is 180 g/mol. The molecule has 2 atom stereocenters. The highest BCUT2D eigenvalue weighted by Crippen LogP contribution is 2.54. The van der Waals surface area contributed by atoms with Crippen LogP contribution in [0.4, 0.5) is 0 Å². The Labute approximate surface area is 81.6 Å². The van der Waals surface area contributed by atoms with Crippen molar-refractivity contribution in [3.05, 3.63) is 35.9 Å². The van der Waals surface area contributed by atoms with Gasteiger partial charge in [-0.3, -0.25) is 0 Å². The molecule has 14 heavy (non-hydrogen) atoms. The maximum Gasteiger partial charge on any atom is 0.341 e. The standard InChI is InChI=1S/C11H10O3/c12-10-11(6-7-13-10)9(14-11)8-4-2-1-3-5-8/h1-5,9H,6-7H2/t9-,11+/m1/s1. The summed E-state index contributed by atoms with van der Waals surface area (Å²) in [7, 11) is 0. The quantitative estimate of drug-likeness (QED) is 0.497. The summed E-state index contributed by atoms with van der Waals surface area (Å²) in [6, 6.07) is 9.80. The number of carbonyl (C=O) groups excluding carboxylic acids is 1. The van der Waals surface area contributed by atoms with E-state index in [2.05, 4.69) is 0 Å². The van der Waals surface area contributed by atoms with E-state index >= 15 is 0 Å². The highest BCUT2D eigenvalue weighted by atomic mass is 16.7. The summed E-state index contributed by atoms with van der Waals surface area (Å²) >= 11 is 0. The predicted molar refractivity (Wildman–Crippen MR) is 48.6 cm³/mol. The first-order valence-electron chi connectivity index (χ1n) is 4.73. The van der Waals surface area contributed by atoms with Gasteiger partial charge in [-0.15, -0.1) is 0 Å². The third-order valence-electron chi connectivity index (χ3n) is 2.85. The molecule has 3 heteroatoms. The summed E-state index contributed by atoms with van der Waals surface area (Å²) in [4.78, 5) is 11.4. The van der Waals surface area contributed by atoms with Gasteiger partial charge in [0.2, 0.25) is 0 Å². The van der Waals surface area contributed by atoms with Crippen molar-refractivity contribution in [3.8, 4) is 0 Å². The van der Waals surface area contributed by atoms with Gasteiger partial charge in [0.05, 0.1) is 6.61 Å². The van der Waals surface area contributed by atoms with Gasteiger partial charge in [0.25, 0.3) is 0 Å². The van der Waals surface area contributed by atoms with Crippen LogP contribution in [0.15, 0.2) is 30.3 Å². The minimum absolute atomic E-state index is 0.0845. The van der Waals surface area contributed by atoms with Gasteiger partial charge in [-0.2, -0.15) is 0 Å². The smallest absolute Gasteiger partial charge is 0.341 e. The average Bonchev–Trinajstić information content (AvgIpc) is 2.84. The van der Waals surface area contributed by atoms with E-state index in [-0.39, 0.29) is 12.1 Å². The lowest BCUT2D eigenvalue weighted by molar-refractivity contribution is -0.142. The van der Waals surface area contributed by atoms with Gasteiger partial charge in [-0.05, 0) is 5.56 Å². The summed E-state index contributed by atoms with van der Waals surface area (Å²) < 4.78 is 10.4. The van der Waals surface area contributed by atoms with E-state index in [1.807, 2.05) is 30.3 Å². The Kier molecular flexibility index (Phi) is 1.47. The first kappa shape index (κ1) is 8.00. The zero-order valence-corrected chi connectivity index (χ0v) is 7.60. The monoisotopic (exact) mass is 190 g/mol. The first-order valence-corrected chi connectivity index (χ1v) is 4.73. The van der Waals surface area contributed by atoms with Crippen molar-refractivity contribution in [2.24, 2.45) is 0 Å². The molecule has 1 spiro atoms. The van der Waals surface area contributed by atoms with E-state index in [4.69, 9.17) is 9.47 Å². The molecule has 2 fully saturated rings. The van der Waals surface area contributed by atoms with Crippen LogP contribution in [-0.2, 0) is 14.3 Å². The molecule has 0 amide bonds. The molecule has 0 aliphatic carbocycles. The predicted octanol–water partition coefficient (Wildman–Crippen LogP) is 1.44. The van der Waals surface area contributed by atoms with E-state index in [0.29, 0.717) is 13.0 Å². The number of carbonyl (C=O) groups is 1. The number of cyclic esters (lactones) is 1. The number of ether oxygens (including phenoxy) is 2. The van der Waals surface area contributed by atoms with Crippen molar-refractivity contribution in [1.29, 1.82) is 0 Å². The number of rotatable bonds is 1. The van der Waals surface area contributed by atoms with E-state index in [0.717, 1.165) is 5.56 Å². The topological polar surface area (TPSA) is 38.8 Å². The minimum Gasteiger partial charge on any atom is -0.463 e. The Balaban J connectivity index is 1.89. The van der Waals surface area contributed by atoms with Crippen LogP contribution in [0.3, 0.4) is 0 Å². The van der Waals surface area contributed by atoms with Crippen LogP contribution in [0.25, 0.3) is 0 Å². The number of epoxide rings is 1. The number of esters is 1. The Morgan fingerprint density at radius 3 is 2.71 bits per heavy atom. The van der Waals surface area contributed by atoms with Crippen LogP contribution in [0.1, 0.15) is 18.1 Å². The Morgan fingerprint density at radius 2 is 2.07 bits per heavy atom. The second-order valence-electron chi connectivity index (χ2n) is 3.68. The molecule has 0 saturated carbocycles. The van der Waals surface area contributed by atoms with Gasteiger partial charge in [-0.1, -0.05) is 30.3 Å². The molecule has 1 aromatic carbocycles. The van der Waals surface area contributed by atoms with E-state index in [9.17, 15) is 4.79 Å². The van der Waals surface area contributed by atoms with Gasteiger partial charge in [-0.25, -0.2) is 4.79 Å². The van der Waals surface area contributed by atoms with Crippen molar-refractivity contribution in [3.63, 3.8) is 0 Å². The van der Waals surface area contributed by atoms with Crippen LogP contribution in [0, 0.1) is 0 Å². The van der Waals surface area contributed by atoms with Crippen molar-refractivity contribution in [1.82, 2.24) is 0 Å². The summed E-state index contributed by atoms with van der Waals surface area (Å²) in [6.45, 7) is 0.488. The molecule has 0 unspecified atom stereocenters. The van der Waals surface area contributed by atoms with Gasteiger partial charge < -0.3 is 9.47 Å². The highest BCUT2D eigenvalue weighted by molar-refractivity contribution is 5.85. The van der Waals surface area contributed by atoms with Crippen LogP contribution in [0.5, 0.6) is 0 Å². The molecule has 1 aromatic rings. The zero-order valence-electron chi connectivity index (χ0n) is 7.60. The summed E-state index contributed by atoms with van der Waals surface area (Å²) in [5.74, 6) is -0.202. The molecule has 2 aliphatic rings. The van der Waals surface area contributed by atoms with Gasteiger partial charge in [0.15, 0.2) is 5.60 Å². The molecule has 0 bridgehead atoms. The lowest BCUT2D eigenvalue weighted by atomic mass is 9.98. The largest absolute Gasteiger partial charge is 0.463 e. The fraction of sp³-hybridized carbons (Fsp3) is 0.364. The molecule has 0 aromatic heterocycles. The van der Waals surface area contributed by atoms with Crippen molar-refractivity contribution < 1.29 is 14.3 Å². The fourth-order valence-electron chi connectivity index (χ4n) is 2.01. The summed E-state index contributed by atoms with van der Waals surface area (Å²) in [5.41, 5.74) is 0.424. The minimum atomic E-state index is -0.638. The van der Waals surface area contributed by atoms with Crippen molar-refractivity contribution in [2.45, 2.75) is 18.1 Å². The Morgan fingerprint density at radius 1 is 1.29 bits per heavy atom. The second kappa shape index (κ2) is 2.58. The van der Waals surface area contributed by atoms with Crippen LogP contribution in [0.2, 0.25) is 0 Å². The lowest BCUT2D eigenvalue weighted by Gasteiger charge is -1.97. The van der Waals surface area contributed by atoms with Crippen LogP contribution in [-0.4, -0.2) is 18.2 Å². The number of hydrogen-bond acceptors (Lipinski definition) is 3. The third-order valence-corrected chi connectivity index (χ3v) is 2.85. The van der Waals surface area contributed by atoms with Crippen molar-refractivity contribution in [2.75, 3.05) is 6.61 Å². The molecule has 3 nitrogen and oxygen atoms in total. The lowest BCUT2D eigenvalue weighted by Crippen LogP contribution is -2.18. The first-order chi connectivity index (χ1) is 6.83. The van der Waals surface area contributed by atoms with E-state index < -0.39 is 5.60 Å². The molecule has 0 radical (unpaired) electrons. The zero-order chi connectivity index (χ0) is 9.60. The van der Waals surface area contributed by atoms with E-state index in [1.54, 1.807) is 0 Å². The average molecular weight is 190 g/mol. The molecular formula is C11H10O3.